The van der Waals surface area contributed by atoms with Crippen LogP contribution in [0.4, 0.5) is 0 Å². The molecule has 1 aromatic carbocycles. The molecule has 1 aromatic rings. The Morgan fingerprint density at radius 1 is 1.25 bits per heavy atom. The molecule has 0 radical (unpaired) electrons. The molecular formula is C15H20N2O3. The van der Waals surface area contributed by atoms with Crippen molar-refractivity contribution in [2.45, 2.75) is 19.4 Å². The van der Waals surface area contributed by atoms with Gasteiger partial charge in [0.05, 0.1) is 0 Å². The third-order valence-corrected chi connectivity index (χ3v) is 3.71. The Morgan fingerprint density at radius 2 is 2.05 bits per heavy atom. The first-order valence-electron chi connectivity index (χ1n) is 7.13. The van der Waals surface area contributed by atoms with Crippen molar-refractivity contribution in [3.8, 4) is 11.5 Å². The van der Waals surface area contributed by atoms with E-state index in [1.165, 1.54) is 0 Å². The van der Waals surface area contributed by atoms with E-state index < -0.39 is 0 Å². The van der Waals surface area contributed by atoms with Gasteiger partial charge >= 0.3 is 0 Å². The summed E-state index contributed by atoms with van der Waals surface area (Å²) in [4.78, 5) is 12.3. The zero-order chi connectivity index (χ0) is 13.9. The van der Waals surface area contributed by atoms with E-state index >= 15 is 0 Å². The van der Waals surface area contributed by atoms with E-state index in [9.17, 15) is 4.79 Å². The fraction of sp³-hybridized carbons (Fsp3) is 0.533. The lowest BCUT2D eigenvalue weighted by molar-refractivity contribution is 0.0924. The number of carbonyl (C=O) groups is 1. The zero-order valence-corrected chi connectivity index (χ0v) is 11.6. The minimum atomic E-state index is -0.0529. The van der Waals surface area contributed by atoms with E-state index in [4.69, 9.17) is 9.47 Å². The topological polar surface area (TPSA) is 59.6 Å². The lowest BCUT2D eigenvalue weighted by atomic mass is 9.97. The van der Waals surface area contributed by atoms with Crippen LogP contribution in [0.5, 0.6) is 11.5 Å². The molecule has 1 fully saturated rings. The van der Waals surface area contributed by atoms with Crippen molar-refractivity contribution in [3.63, 3.8) is 0 Å². The van der Waals surface area contributed by atoms with Crippen molar-refractivity contribution < 1.29 is 14.3 Å². The minimum Gasteiger partial charge on any atom is -0.486 e. The molecule has 3 rings (SSSR count). The summed E-state index contributed by atoms with van der Waals surface area (Å²) in [6, 6.07) is 5.52. The zero-order valence-electron chi connectivity index (χ0n) is 11.6. The molecule has 2 aliphatic rings. The van der Waals surface area contributed by atoms with Crippen molar-refractivity contribution in [2.24, 2.45) is 5.92 Å². The number of carbonyl (C=O) groups excluding carboxylic acids is 1. The molecule has 1 saturated heterocycles. The second-order valence-electron chi connectivity index (χ2n) is 5.53. The van der Waals surface area contributed by atoms with Crippen LogP contribution >= 0.6 is 0 Å². The second kappa shape index (κ2) is 5.71. The molecule has 0 saturated carbocycles. The molecular weight excluding hydrogens is 256 g/mol. The number of nitrogens with one attached hydrogen (secondary N) is 2. The maximum absolute atomic E-state index is 12.3. The third-order valence-electron chi connectivity index (χ3n) is 3.71. The Bertz CT molecular complexity index is 504. The van der Waals surface area contributed by atoms with Crippen LogP contribution < -0.4 is 20.1 Å². The maximum atomic E-state index is 12.3. The van der Waals surface area contributed by atoms with Gasteiger partial charge in [-0.3, -0.25) is 4.79 Å². The van der Waals surface area contributed by atoms with Crippen LogP contribution in [0, 0.1) is 5.92 Å². The molecule has 5 heteroatoms. The highest BCUT2D eigenvalue weighted by molar-refractivity contribution is 5.95. The highest BCUT2D eigenvalue weighted by Crippen LogP contribution is 2.30. The molecule has 0 aromatic heterocycles. The number of rotatable bonds is 2. The van der Waals surface area contributed by atoms with Crippen LogP contribution in [0.2, 0.25) is 0 Å². The van der Waals surface area contributed by atoms with Crippen LogP contribution in [0.15, 0.2) is 18.2 Å². The number of hydrogen-bond acceptors (Lipinski definition) is 4. The Hall–Kier alpha value is -1.75. The first kappa shape index (κ1) is 13.2. The molecule has 0 spiro atoms. The fourth-order valence-electron chi connectivity index (χ4n) is 2.72. The normalized spacial score (nSPS) is 25.1. The summed E-state index contributed by atoms with van der Waals surface area (Å²) in [7, 11) is 0. The number of benzene rings is 1. The largest absolute Gasteiger partial charge is 0.486 e. The summed E-state index contributed by atoms with van der Waals surface area (Å²) in [5.41, 5.74) is 0.618. The number of piperidine rings is 1. The third kappa shape index (κ3) is 2.88. The molecule has 5 nitrogen and oxygen atoms in total. The molecule has 2 unspecified atom stereocenters. The van der Waals surface area contributed by atoms with Crippen LogP contribution in [-0.2, 0) is 0 Å². The maximum Gasteiger partial charge on any atom is 0.251 e. The van der Waals surface area contributed by atoms with Crippen LogP contribution in [0.25, 0.3) is 0 Å². The highest BCUT2D eigenvalue weighted by Gasteiger charge is 2.21. The van der Waals surface area contributed by atoms with Gasteiger partial charge in [-0.1, -0.05) is 6.92 Å². The van der Waals surface area contributed by atoms with E-state index in [1.807, 2.05) is 0 Å². The highest BCUT2D eigenvalue weighted by atomic mass is 16.6. The van der Waals surface area contributed by atoms with Crippen molar-refractivity contribution in [1.29, 1.82) is 0 Å². The van der Waals surface area contributed by atoms with Crippen molar-refractivity contribution in [1.82, 2.24) is 10.6 Å². The molecule has 0 bridgehead atoms. The van der Waals surface area contributed by atoms with Gasteiger partial charge in [-0.05, 0) is 37.1 Å². The van der Waals surface area contributed by atoms with Gasteiger partial charge in [0.2, 0.25) is 0 Å². The van der Waals surface area contributed by atoms with Gasteiger partial charge in [0.25, 0.3) is 5.91 Å². The Balaban J connectivity index is 1.67. The fourth-order valence-corrected chi connectivity index (χ4v) is 2.72. The molecule has 108 valence electrons. The Labute approximate surface area is 118 Å². The van der Waals surface area contributed by atoms with Gasteiger partial charge in [0.1, 0.15) is 13.2 Å². The predicted octanol–water partition coefficient (Wildman–Crippen LogP) is 1.19. The average Bonchev–Trinajstić information content (AvgIpc) is 2.47. The number of ether oxygens (including phenoxy) is 2. The van der Waals surface area contributed by atoms with Crippen LogP contribution in [0.3, 0.4) is 0 Å². The van der Waals surface area contributed by atoms with Gasteiger partial charge in [0, 0.05) is 18.2 Å². The van der Waals surface area contributed by atoms with Crippen LogP contribution in [-0.4, -0.2) is 38.3 Å². The Kier molecular flexibility index (Phi) is 3.78. The van der Waals surface area contributed by atoms with E-state index in [0.29, 0.717) is 36.2 Å². The van der Waals surface area contributed by atoms with Gasteiger partial charge in [-0.2, -0.15) is 0 Å². The molecule has 2 aliphatic heterocycles. The van der Waals surface area contributed by atoms with Crippen LogP contribution in [0.1, 0.15) is 23.7 Å². The van der Waals surface area contributed by atoms with E-state index in [2.05, 4.69) is 17.6 Å². The summed E-state index contributed by atoms with van der Waals surface area (Å²) in [5, 5.41) is 6.41. The Morgan fingerprint density at radius 3 is 2.85 bits per heavy atom. The lowest BCUT2D eigenvalue weighted by Crippen LogP contribution is -2.48. The van der Waals surface area contributed by atoms with Gasteiger partial charge in [-0.15, -0.1) is 0 Å². The molecule has 0 aliphatic carbocycles. The van der Waals surface area contributed by atoms with Gasteiger partial charge < -0.3 is 20.1 Å². The van der Waals surface area contributed by atoms with Crippen molar-refractivity contribution in [3.05, 3.63) is 23.8 Å². The standard InChI is InChI=1S/C15H20N2O3/c1-10-6-12(9-16-8-10)17-15(18)11-2-3-13-14(7-11)20-5-4-19-13/h2-3,7,10,12,16H,4-6,8-9H2,1H3,(H,17,18). The van der Waals surface area contributed by atoms with E-state index in [1.54, 1.807) is 18.2 Å². The molecule has 20 heavy (non-hydrogen) atoms. The molecule has 1 amide bonds. The summed E-state index contributed by atoms with van der Waals surface area (Å²) >= 11 is 0. The predicted molar refractivity (Wildman–Crippen MR) is 75.3 cm³/mol. The lowest BCUT2D eigenvalue weighted by Gasteiger charge is -2.28. The first-order chi connectivity index (χ1) is 9.72. The summed E-state index contributed by atoms with van der Waals surface area (Å²) in [6.45, 7) is 5.14. The summed E-state index contributed by atoms with van der Waals surface area (Å²) in [5.74, 6) is 1.90. The van der Waals surface area contributed by atoms with Crippen molar-refractivity contribution >= 4 is 5.91 Å². The smallest absolute Gasteiger partial charge is 0.251 e. The average molecular weight is 276 g/mol. The number of fused-ring (bicyclic) bond motifs is 1. The number of amides is 1. The van der Waals surface area contributed by atoms with Gasteiger partial charge in [-0.25, -0.2) is 0 Å². The SMILES string of the molecule is CC1CNCC(NC(=O)c2ccc3c(c2)OCCO3)C1. The molecule has 2 atom stereocenters. The summed E-state index contributed by atoms with van der Waals surface area (Å²) < 4.78 is 11.0. The monoisotopic (exact) mass is 276 g/mol. The minimum absolute atomic E-state index is 0.0529. The van der Waals surface area contributed by atoms with E-state index in [0.717, 1.165) is 19.5 Å². The summed E-state index contributed by atoms with van der Waals surface area (Å²) in [6.07, 6.45) is 1.02. The number of hydrogen-bond donors (Lipinski definition) is 2. The van der Waals surface area contributed by atoms with E-state index in [-0.39, 0.29) is 11.9 Å². The first-order valence-corrected chi connectivity index (χ1v) is 7.13. The van der Waals surface area contributed by atoms with Gasteiger partial charge in [0.15, 0.2) is 11.5 Å². The second-order valence-corrected chi connectivity index (χ2v) is 5.53. The van der Waals surface area contributed by atoms with Crippen molar-refractivity contribution in [2.75, 3.05) is 26.3 Å². The molecule has 2 N–H and O–H groups in total. The quantitative estimate of drug-likeness (QED) is 0.852. The molecule has 2 heterocycles.